The van der Waals surface area contributed by atoms with Crippen LogP contribution in [0, 0.1) is 0 Å². The van der Waals surface area contributed by atoms with Crippen LogP contribution < -0.4 is 20.1 Å². The molecular weight excluding hydrogens is 323 g/mol. The zero-order valence-corrected chi connectivity index (χ0v) is 14.3. The maximum atomic E-state index is 12.0. The van der Waals surface area contributed by atoms with Gasteiger partial charge in [0.25, 0.3) is 6.49 Å². The van der Waals surface area contributed by atoms with Crippen LogP contribution in [0.5, 0.6) is 11.5 Å². The number of hydrogen-bond donors (Lipinski definition) is 0. The third kappa shape index (κ3) is 3.38. The highest BCUT2D eigenvalue weighted by Gasteiger charge is 2.26. The average Bonchev–Trinajstić information content (AvgIpc) is 2.52. The van der Waals surface area contributed by atoms with Gasteiger partial charge in [-0.2, -0.15) is 5.10 Å². The Labute approximate surface area is 133 Å². The molecule has 0 spiro atoms. The van der Waals surface area contributed by atoms with Crippen LogP contribution in [0.25, 0.3) is 0 Å². The lowest BCUT2D eigenvalue weighted by atomic mass is 10.4. The van der Waals surface area contributed by atoms with E-state index in [1.807, 2.05) is 37.3 Å². The number of rotatable bonds is 6. The van der Waals surface area contributed by atoms with Gasteiger partial charge in [-0.05, 0) is 30.9 Å². The molecule has 6 nitrogen and oxygen atoms in total. The summed E-state index contributed by atoms with van der Waals surface area (Å²) in [7, 11) is 2.93. The second-order valence-corrected chi connectivity index (χ2v) is 7.71. The van der Waals surface area contributed by atoms with Gasteiger partial charge in [0.2, 0.25) is 5.75 Å². The fourth-order valence-corrected chi connectivity index (χ4v) is 4.31. The van der Waals surface area contributed by atoms with Gasteiger partial charge < -0.3 is 13.8 Å². The number of ether oxygens (including phenoxy) is 1. The van der Waals surface area contributed by atoms with E-state index in [-0.39, 0.29) is 11.5 Å². The quantitative estimate of drug-likeness (QED) is 0.748. The molecule has 0 aliphatic heterocycles. The molecule has 1 atom stereocenters. The second kappa shape index (κ2) is 7.05. The molecule has 0 radical (unpaired) electrons. The van der Waals surface area contributed by atoms with Gasteiger partial charge in [0, 0.05) is 12.4 Å². The smallest absolute Gasteiger partial charge is 0.312 e. The molecule has 2 rings (SSSR count). The minimum atomic E-state index is -2.80. The summed E-state index contributed by atoms with van der Waals surface area (Å²) in [5.74, 6) is 0.244. The Morgan fingerprint density at radius 3 is 2.59 bits per heavy atom. The van der Waals surface area contributed by atoms with Gasteiger partial charge in [0.15, 0.2) is 5.75 Å². The van der Waals surface area contributed by atoms with E-state index in [1.165, 1.54) is 25.0 Å². The summed E-state index contributed by atoms with van der Waals surface area (Å²) < 4.78 is 17.9. The number of methoxy groups -OCH3 is 1. The Morgan fingerprint density at radius 2 is 2.00 bits per heavy atom. The number of nitrogens with zero attached hydrogens (tertiary/aromatic N) is 2. The third-order valence-electron chi connectivity index (χ3n) is 2.85. The van der Waals surface area contributed by atoms with Crippen LogP contribution in [-0.4, -0.2) is 23.5 Å². The van der Waals surface area contributed by atoms with Crippen molar-refractivity contribution in [3.05, 3.63) is 46.9 Å². The molecule has 0 aliphatic rings. The van der Waals surface area contributed by atoms with E-state index in [4.69, 9.17) is 25.6 Å². The van der Waals surface area contributed by atoms with Crippen molar-refractivity contribution in [1.82, 2.24) is 9.78 Å². The maximum Gasteiger partial charge on any atom is 0.312 e. The molecule has 22 heavy (non-hydrogen) atoms. The van der Waals surface area contributed by atoms with Gasteiger partial charge >= 0.3 is 5.56 Å². The molecule has 8 heteroatoms. The van der Waals surface area contributed by atoms with Gasteiger partial charge in [0.1, 0.15) is 0 Å². The molecule has 1 aromatic heterocycles. The zero-order valence-electron chi connectivity index (χ0n) is 12.6. The summed E-state index contributed by atoms with van der Waals surface area (Å²) in [4.78, 5) is 12.0. The normalized spacial score (nSPS) is 13.4. The number of aryl methyl sites for hydroxylation is 1. The topological polar surface area (TPSA) is 62.6 Å². The van der Waals surface area contributed by atoms with Gasteiger partial charge in [-0.25, -0.2) is 4.68 Å². The van der Waals surface area contributed by atoms with Crippen LogP contribution in [0.2, 0.25) is 0 Å². The molecule has 1 aromatic carbocycles. The van der Waals surface area contributed by atoms with E-state index < -0.39 is 12.1 Å². The summed E-state index contributed by atoms with van der Waals surface area (Å²) in [5.41, 5.74) is -0.397. The molecule has 0 amide bonds. The molecular formula is C14H17N2O4PS. The first-order valence-corrected chi connectivity index (χ1v) is 9.25. The fraction of sp³-hybridized carbons (Fsp3) is 0.286. The molecule has 1 heterocycles. The Kier molecular flexibility index (Phi) is 5.34. The van der Waals surface area contributed by atoms with Crippen molar-refractivity contribution in [2.24, 2.45) is 7.05 Å². The monoisotopic (exact) mass is 340 g/mol. The highest BCUT2D eigenvalue weighted by molar-refractivity contribution is 8.13. The Balaban J connectivity index is 2.48. The van der Waals surface area contributed by atoms with Gasteiger partial charge in [-0.3, -0.25) is 4.79 Å². The van der Waals surface area contributed by atoms with Crippen molar-refractivity contribution in [2.45, 2.75) is 6.92 Å². The molecule has 0 fully saturated rings. The zero-order chi connectivity index (χ0) is 16.2. The second-order valence-electron chi connectivity index (χ2n) is 4.31. The molecule has 0 bridgehead atoms. The Bertz CT molecular complexity index is 748. The highest BCUT2D eigenvalue weighted by atomic mass is 32.5. The third-order valence-corrected chi connectivity index (χ3v) is 5.99. The summed E-state index contributed by atoms with van der Waals surface area (Å²) in [6.45, 7) is -0.568. The summed E-state index contributed by atoms with van der Waals surface area (Å²) in [5, 5.41) is 4.70. The number of benzene rings is 1. The predicted octanol–water partition coefficient (Wildman–Crippen LogP) is 1.84. The highest BCUT2D eigenvalue weighted by Crippen LogP contribution is 2.48. The van der Waals surface area contributed by atoms with E-state index in [0.717, 1.165) is 5.30 Å². The Hall–Kier alpha value is -1.69. The fourth-order valence-electron chi connectivity index (χ4n) is 1.82. The van der Waals surface area contributed by atoms with Crippen LogP contribution in [-0.2, 0) is 23.4 Å². The minimum absolute atomic E-state index is 0.0577. The lowest BCUT2D eigenvalue weighted by Crippen LogP contribution is -2.22. The average molecular weight is 340 g/mol. The summed E-state index contributed by atoms with van der Waals surface area (Å²) in [6, 6.07) is 9.29. The molecule has 2 aromatic rings. The molecule has 0 saturated carbocycles. The van der Waals surface area contributed by atoms with Crippen molar-refractivity contribution in [2.75, 3.05) is 13.7 Å². The van der Waals surface area contributed by atoms with Gasteiger partial charge in [0.05, 0.1) is 19.9 Å². The van der Waals surface area contributed by atoms with Gasteiger partial charge in [-0.1, -0.05) is 18.2 Å². The number of aromatic nitrogens is 2. The standard InChI is InChI=1S/C14H17N2O4PS/c1-4-19-21(22,11-8-6-5-7-9-11)20-12-10-15-16(2)14(17)13(12)18-3/h5-10H,4H2,1-3H3. The van der Waals surface area contributed by atoms with Crippen molar-refractivity contribution in [3.8, 4) is 11.5 Å². The lowest BCUT2D eigenvalue weighted by Gasteiger charge is -2.23. The molecule has 0 aliphatic carbocycles. The number of hydrogen-bond acceptors (Lipinski definition) is 6. The van der Waals surface area contributed by atoms with Crippen molar-refractivity contribution in [3.63, 3.8) is 0 Å². The molecule has 0 N–H and O–H groups in total. The molecule has 118 valence electrons. The maximum absolute atomic E-state index is 12.0. The van der Waals surface area contributed by atoms with Crippen LogP contribution >= 0.6 is 6.49 Å². The SMILES string of the molecule is CCOP(=S)(Oc1cnn(C)c(=O)c1OC)c1ccccc1. The van der Waals surface area contributed by atoms with E-state index in [2.05, 4.69) is 5.10 Å². The van der Waals surface area contributed by atoms with Crippen LogP contribution in [0.15, 0.2) is 41.3 Å². The summed E-state index contributed by atoms with van der Waals surface area (Å²) >= 11 is 5.61. The predicted molar refractivity (Wildman–Crippen MR) is 88.6 cm³/mol. The van der Waals surface area contributed by atoms with E-state index in [9.17, 15) is 4.79 Å². The van der Waals surface area contributed by atoms with Gasteiger partial charge in [-0.15, -0.1) is 0 Å². The van der Waals surface area contributed by atoms with E-state index >= 15 is 0 Å². The van der Waals surface area contributed by atoms with E-state index in [0.29, 0.717) is 6.61 Å². The van der Waals surface area contributed by atoms with Crippen LogP contribution in [0.3, 0.4) is 0 Å². The first-order chi connectivity index (χ1) is 10.5. The largest absolute Gasteiger partial charge is 0.488 e. The van der Waals surface area contributed by atoms with E-state index in [1.54, 1.807) is 0 Å². The summed E-state index contributed by atoms with van der Waals surface area (Å²) in [6.07, 6.45) is 1.41. The first-order valence-electron chi connectivity index (χ1n) is 6.62. The molecule has 0 saturated heterocycles. The van der Waals surface area contributed by atoms with Crippen molar-refractivity contribution < 1.29 is 13.8 Å². The van der Waals surface area contributed by atoms with Crippen LogP contribution in [0.1, 0.15) is 6.92 Å². The van der Waals surface area contributed by atoms with Crippen molar-refractivity contribution >= 4 is 23.6 Å². The lowest BCUT2D eigenvalue weighted by molar-refractivity contribution is 0.327. The van der Waals surface area contributed by atoms with Crippen LogP contribution in [0.4, 0.5) is 0 Å². The molecule has 1 unspecified atom stereocenters. The Morgan fingerprint density at radius 1 is 1.32 bits per heavy atom. The first kappa shape index (κ1) is 16.7. The minimum Gasteiger partial charge on any atom is -0.488 e. The van der Waals surface area contributed by atoms with Crippen molar-refractivity contribution in [1.29, 1.82) is 0 Å².